The van der Waals surface area contributed by atoms with Crippen LogP contribution in [0.5, 0.6) is 17.4 Å². The third-order valence-corrected chi connectivity index (χ3v) is 5.26. The van der Waals surface area contributed by atoms with Crippen molar-refractivity contribution in [1.82, 2.24) is 10.2 Å². The molecule has 0 unspecified atom stereocenters. The fraction of sp³-hybridized carbons (Fsp3) is 0.150. The number of sulfone groups is 1. The van der Waals surface area contributed by atoms with Crippen molar-refractivity contribution in [3.05, 3.63) is 65.6 Å². The van der Waals surface area contributed by atoms with Gasteiger partial charge in [-0.15, -0.1) is 10.2 Å². The molecule has 0 radical (unpaired) electrons. The Bertz CT molecular complexity index is 1310. The maximum absolute atomic E-state index is 13.6. The van der Waals surface area contributed by atoms with Gasteiger partial charge in [0.05, 0.1) is 12.0 Å². The average molecular weight is 485 g/mol. The number of alkyl halides is 3. The second kappa shape index (κ2) is 9.02. The molecule has 1 heterocycles. The van der Waals surface area contributed by atoms with E-state index in [-0.39, 0.29) is 22.1 Å². The SMILES string of the molecule is COc1ccc(F)cc1Oc1nnc(C(F)(F)F)cc1C(=O)Nc1cccc(S(C)(=O)=O)c1. The topological polar surface area (TPSA) is 107 Å². The smallest absolute Gasteiger partial charge is 0.435 e. The number of aromatic nitrogens is 2. The van der Waals surface area contributed by atoms with Crippen LogP contribution in [0.4, 0.5) is 23.2 Å². The lowest BCUT2D eigenvalue weighted by Gasteiger charge is -2.14. The highest BCUT2D eigenvalue weighted by molar-refractivity contribution is 7.90. The van der Waals surface area contributed by atoms with Gasteiger partial charge in [-0.25, -0.2) is 12.8 Å². The van der Waals surface area contributed by atoms with Gasteiger partial charge in [-0.3, -0.25) is 4.79 Å². The molecule has 0 aliphatic rings. The molecule has 0 aliphatic heterocycles. The van der Waals surface area contributed by atoms with Crippen LogP contribution in [0.2, 0.25) is 0 Å². The van der Waals surface area contributed by atoms with Crippen molar-refractivity contribution in [1.29, 1.82) is 0 Å². The number of nitrogens with one attached hydrogen (secondary N) is 1. The van der Waals surface area contributed by atoms with Crippen molar-refractivity contribution in [3.8, 4) is 17.4 Å². The van der Waals surface area contributed by atoms with Crippen LogP contribution in [0.15, 0.2) is 53.4 Å². The molecule has 0 spiro atoms. The van der Waals surface area contributed by atoms with Crippen LogP contribution >= 0.6 is 0 Å². The summed E-state index contributed by atoms with van der Waals surface area (Å²) in [6.07, 6.45) is -3.97. The normalized spacial score (nSPS) is 11.7. The summed E-state index contributed by atoms with van der Waals surface area (Å²) in [5.74, 6) is -2.76. The first-order chi connectivity index (χ1) is 15.4. The Morgan fingerprint density at radius 1 is 1.03 bits per heavy atom. The molecular weight excluding hydrogens is 470 g/mol. The monoisotopic (exact) mass is 485 g/mol. The molecule has 1 aromatic heterocycles. The Morgan fingerprint density at radius 2 is 1.76 bits per heavy atom. The van der Waals surface area contributed by atoms with Crippen molar-refractivity contribution in [2.24, 2.45) is 0 Å². The number of rotatable bonds is 6. The van der Waals surface area contributed by atoms with E-state index in [0.29, 0.717) is 6.07 Å². The highest BCUT2D eigenvalue weighted by Gasteiger charge is 2.35. The Balaban J connectivity index is 2.03. The summed E-state index contributed by atoms with van der Waals surface area (Å²) in [6.45, 7) is 0. The van der Waals surface area contributed by atoms with Crippen LogP contribution < -0.4 is 14.8 Å². The van der Waals surface area contributed by atoms with Gasteiger partial charge in [0.2, 0.25) is 0 Å². The molecule has 0 saturated carbocycles. The van der Waals surface area contributed by atoms with Crippen LogP contribution in [-0.4, -0.2) is 37.9 Å². The highest BCUT2D eigenvalue weighted by Crippen LogP contribution is 2.35. The molecule has 3 aromatic rings. The molecule has 8 nitrogen and oxygen atoms in total. The molecule has 33 heavy (non-hydrogen) atoms. The predicted molar refractivity (Wildman–Crippen MR) is 108 cm³/mol. The number of ether oxygens (including phenoxy) is 2. The number of hydrogen-bond donors (Lipinski definition) is 1. The number of benzene rings is 2. The molecule has 2 aromatic carbocycles. The van der Waals surface area contributed by atoms with Gasteiger partial charge in [0.25, 0.3) is 11.8 Å². The summed E-state index contributed by atoms with van der Waals surface area (Å²) >= 11 is 0. The summed E-state index contributed by atoms with van der Waals surface area (Å²) in [5.41, 5.74) is -2.17. The zero-order valence-electron chi connectivity index (χ0n) is 17.0. The first-order valence-corrected chi connectivity index (χ1v) is 10.9. The summed E-state index contributed by atoms with van der Waals surface area (Å²) in [7, 11) is -2.36. The minimum Gasteiger partial charge on any atom is -0.493 e. The number of halogens is 4. The third-order valence-electron chi connectivity index (χ3n) is 4.15. The van der Waals surface area contributed by atoms with E-state index < -0.39 is 44.9 Å². The van der Waals surface area contributed by atoms with E-state index in [0.717, 1.165) is 24.5 Å². The van der Waals surface area contributed by atoms with Crippen molar-refractivity contribution in [2.45, 2.75) is 11.1 Å². The van der Waals surface area contributed by atoms with Crippen molar-refractivity contribution < 1.29 is 40.2 Å². The number of anilines is 1. The molecule has 174 valence electrons. The van der Waals surface area contributed by atoms with E-state index in [1.54, 1.807) is 0 Å². The lowest BCUT2D eigenvalue weighted by atomic mass is 10.2. The predicted octanol–water partition coefficient (Wildman–Crippen LogP) is 4.09. The number of carbonyl (C=O) groups is 1. The third kappa shape index (κ3) is 5.74. The standard InChI is InChI=1S/C20H15F4N3O5S/c1-31-15-7-6-11(21)8-16(15)32-19-14(10-17(26-27-19)20(22,23)24)18(28)25-12-4-3-5-13(9-12)33(2,29)30/h3-10H,1-2H3,(H,25,28). The van der Waals surface area contributed by atoms with Gasteiger partial charge < -0.3 is 14.8 Å². The zero-order chi connectivity index (χ0) is 24.4. The number of nitrogens with zero attached hydrogens (tertiary/aromatic N) is 2. The first-order valence-electron chi connectivity index (χ1n) is 8.96. The Morgan fingerprint density at radius 3 is 2.39 bits per heavy atom. The molecule has 3 rings (SSSR count). The van der Waals surface area contributed by atoms with E-state index >= 15 is 0 Å². The van der Waals surface area contributed by atoms with Gasteiger partial charge in [0, 0.05) is 18.0 Å². The molecule has 0 atom stereocenters. The Hall–Kier alpha value is -3.74. The molecule has 1 amide bonds. The molecule has 0 saturated heterocycles. The number of carbonyl (C=O) groups excluding carboxylic acids is 1. The Kier molecular flexibility index (Phi) is 6.53. The minimum atomic E-state index is -4.92. The maximum Gasteiger partial charge on any atom is 0.435 e. The lowest BCUT2D eigenvalue weighted by Crippen LogP contribution is -2.18. The van der Waals surface area contributed by atoms with Gasteiger partial charge in [0.1, 0.15) is 11.4 Å². The van der Waals surface area contributed by atoms with Gasteiger partial charge in [-0.2, -0.15) is 13.2 Å². The minimum absolute atomic E-state index is 0.0115. The van der Waals surface area contributed by atoms with Gasteiger partial charge >= 0.3 is 6.18 Å². The van der Waals surface area contributed by atoms with E-state index in [4.69, 9.17) is 9.47 Å². The number of methoxy groups -OCH3 is 1. The number of amides is 1. The summed E-state index contributed by atoms with van der Waals surface area (Å²) < 4.78 is 86.9. The number of hydrogen-bond acceptors (Lipinski definition) is 7. The quantitative estimate of drug-likeness (QED) is 0.524. The van der Waals surface area contributed by atoms with Crippen molar-refractivity contribution in [3.63, 3.8) is 0 Å². The van der Waals surface area contributed by atoms with E-state index in [1.165, 1.54) is 31.4 Å². The van der Waals surface area contributed by atoms with E-state index in [2.05, 4.69) is 15.5 Å². The fourth-order valence-corrected chi connectivity index (χ4v) is 3.26. The maximum atomic E-state index is 13.6. The second-order valence-corrected chi connectivity index (χ2v) is 8.61. The van der Waals surface area contributed by atoms with E-state index in [1.807, 2.05) is 0 Å². The lowest BCUT2D eigenvalue weighted by molar-refractivity contribution is -0.141. The molecule has 0 bridgehead atoms. The van der Waals surface area contributed by atoms with Gasteiger partial charge in [-0.1, -0.05) is 6.07 Å². The van der Waals surface area contributed by atoms with Crippen LogP contribution in [0.3, 0.4) is 0 Å². The Labute approximate surface area is 185 Å². The summed E-state index contributed by atoms with van der Waals surface area (Å²) in [5, 5.41) is 8.66. The van der Waals surface area contributed by atoms with Crippen molar-refractivity contribution >= 4 is 21.4 Å². The highest BCUT2D eigenvalue weighted by atomic mass is 32.2. The van der Waals surface area contributed by atoms with E-state index in [9.17, 15) is 30.8 Å². The van der Waals surface area contributed by atoms with Crippen LogP contribution in [0, 0.1) is 5.82 Å². The van der Waals surface area contributed by atoms with Gasteiger partial charge in [0.15, 0.2) is 27.0 Å². The first kappa shape index (κ1) is 23.9. The van der Waals surface area contributed by atoms with Crippen molar-refractivity contribution in [2.75, 3.05) is 18.7 Å². The molecule has 1 N–H and O–H groups in total. The molecule has 0 fully saturated rings. The largest absolute Gasteiger partial charge is 0.493 e. The van der Waals surface area contributed by atoms with Crippen LogP contribution in [0.25, 0.3) is 0 Å². The van der Waals surface area contributed by atoms with Crippen LogP contribution in [-0.2, 0) is 16.0 Å². The summed E-state index contributed by atoms with van der Waals surface area (Å²) in [6, 6.07) is 8.65. The van der Waals surface area contributed by atoms with Gasteiger partial charge in [-0.05, 0) is 36.4 Å². The zero-order valence-corrected chi connectivity index (χ0v) is 17.8. The molecular formula is C20H15F4N3O5S. The molecule has 13 heteroatoms. The van der Waals surface area contributed by atoms with Crippen LogP contribution in [0.1, 0.15) is 16.1 Å². The second-order valence-electron chi connectivity index (χ2n) is 6.60. The average Bonchev–Trinajstić information content (AvgIpc) is 2.73. The fourth-order valence-electron chi connectivity index (χ4n) is 2.59. The summed E-state index contributed by atoms with van der Waals surface area (Å²) in [4.78, 5) is 12.7. The molecule has 0 aliphatic carbocycles.